The van der Waals surface area contributed by atoms with E-state index in [0.717, 1.165) is 44.5 Å². The van der Waals surface area contributed by atoms with Gasteiger partial charge in [0.2, 0.25) is 0 Å². The molecular weight excluding hydrogens is 244 g/mol. The second-order valence-corrected chi connectivity index (χ2v) is 4.44. The number of ether oxygens (including phenoxy) is 1. The van der Waals surface area contributed by atoms with Gasteiger partial charge in [0.15, 0.2) is 0 Å². The van der Waals surface area contributed by atoms with Crippen molar-refractivity contribution in [1.29, 1.82) is 0 Å². The number of para-hydroxylation sites is 1. The van der Waals surface area contributed by atoms with Gasteiger partial charge < -0.3 is 10.1 Å². The Morgan fingerprint density at radius 2 is 2.00 bits per heavy atom. The topological polar surface area (TPSA) is 64.4 Å². The zero-order valence-corrected chi connectivity index (χ0v) is 11.4. The lowest BCUT2D eigenvalue weighted by molar-refractivity contribution is -0.385. The standard InChI is InChI=1S/C14H22N2O3/c1-19-12-6-2-5-10-15-11-9-13-7-3-4-8-14(13)16(17)18/h3-4,7-8,15H,2,5-6,9-12H2,1H3. The molecule has 5 nitrogen and oxygen atoms in total. The smallest absolute Gasteiger partial charge is 0.272 e. The molecule has 0 aromatic heterocycles. The average Bonchev–Trinajstić information content (AvgIpc) is 2.42. The summed E-state index contributed by atoms with van der Waals surface area (Å²) in [5.74, 6) is 0. The minimum Gasteiger partial charge on any atom is -0.385 e. The van der Waals surface area contributed by atoms with E-state index in [0.29, 0.717) is 6.42 Å². The molecule has 0 aliphatic heterocycles. The monoisotopic (exact) mass is 266 g/mol. The molecule has 1 aromatic carbocycles. The van der Waals surface area contributed by atoms with Crippen molar-refractivity contribution in [1.82, 2.24) is 5.32 Å². The molecule has 0 radical (unpaired) electrons. The predicted molar refractivity (Wildman–Crippen MR) is 75.4 cm³/mol. The molecule has 1 N–H and O–H groups in total. The van der Waals surface area contributed by atoms with Crippen LogP contribution in [0.2, 0.25) is 0 Å². The Hall–Kier alpha value is -1.46. The lowest BCUT2D eigenvalue weighted by Crippen LogP contribution is -2.19. The van der Waals surface area contributed by atoms with Crippen molar-refractivity contribution in [2.45, 2.75) is 25.7 Å². The number of benzene rings is 1. The van der Waals surface area contributed by atoms with Crippen LogP contribution in [0.15, 0.2) is 24.3 Å². The first kappa shape index (κ1) is 15.6. The Bertz CT molecular complexity index is 383. The van der Waals surface area contributed by atoms with Crippen LogP contribution in [0.25, 0.3) is 0 Å². The highest BCUT2D eigenvalue weighted by atomic mass is 16.6. The summed E-state index contributed by atoms with van der Waals surface area (Å²) in [5, 5.41) is 14.1. The number of hydrogen-bond acceptors (Lipinski definition) is 4. The van der Waals surface area contributed by atoms with Crippen LogP contribution in [0.1, 0.15) is 24.8 Å². The van der Waals surface area contributed by atoms with E-state index in [9.17, 15) is 10.1 Å². The first-order chi connectivity index (χ1) is 9.25. The van der Waals surface area contributed by atoms with Gasteiger partial charge in [-0.1, -0.05) is 18.2 Å². The molecule has 5 heteroatoms. The van der Waals surface area contributed by atoms with Crippen molar-refractivity contribution in [3.8, 4) is 0 Å². The van der Waals surface area contributed by atoms with Gasteiger partial charge in [0, 0.05) is 25.3 Å². The summed E-state index contributed by atoms with van der Waals surface area (Å²) in [4.78, 5) is 10.5. The number of hydrogen-bond donors (Lipinski definition) is 1. The number of rotatable bonds is 10. The molecule has 1 rings (SSSR count). The van der Waals surface area contributed by atoms with Crippen molar-refractivity contribution >= 4 is 5.69 Å². The molecule has 0 saturated heterocycles. The highest BCUT2D eigenvalue weighted by molar-refractivity contribution is 5.39. The zero-order chi connectivity index (χ0) is 13.9. The molecule has 0 spiro atoms. The molecule has 0 aliphatic carbocycles. The van der Waals surface area contributed by atoms with E-state index in [1.165, 1.54) is 0 Å². The van der Waals surface area contributed by atoms with Gasteiger partial charge in [0.25, 0.3) is 5.69 Å². The first-order valence-corrected chi connectivity index (χ1v) is 6.67. The number of nitro groups is 1. The van der Waals surface area contributed by atoms with Gasteiger partial charge in [0.1, 0.15) is 0 Å². The van der Waals surface area contributed by atoms with Crippen molar-refractivity contribution in [2.24, 2.45) is 0 Å². The van der Waals surface area contributed by atoms with E-state index in [1.54, 1.807) is 19.2 Å². The van der Waals surface area contributed by atoms with Crippen molar-refractivity contribution in [3.05, 3.63) is 39.9 Å². The summed E-state index contributed by atoms with van der Waals surface area (Å²) in [6, 6.07) is 6.91. The number of nitrogens with one attached hydrogen (secondary N) is 1. The zero-order valence-electron chi connectivity index (χ0n) is 11.4. The van der Waals surface area contributed by atoms with Gasteiger partial charge in [-0.05, 0) is 38.8 Å². The van der Waals surface area contributed by atoms with E-state index < -0.39 is 0 Å². The molecule has 0 unspecified atom stereocenters. The average molecular weight is 266 g/mol. The molecule has 19 heavy (non-hydrogen) atoms. The molecule has 0 amide bonds. The largest absolute Gasteiger partial charge is 0.385 e. The molecule has 0 heterocycles. The van der Waals surface area contributed by atoms with E-state index in [-0.39, 0.29) is 10.6 Å². The van der Waals surface area contributed by atoms with Gasteiger partial charge in [0.05, 0.1) is 4.92 Å². The summed E-state index contributed by atoms with van der Waals surface area (Å²) in [6.07, 6.45) is 4.03. The molecule has 0 bridgehead atoms. The van der Waals surface area contributed by atoms with Crippen LogP contribution in [0.4, 0.5) is 5.69 Å². The van der Waals surface area contributed by atoms with Crippen LogP contribution in [0, 0.1) is 10.1 Å². The molecule has 0 atom stereocenters. The summed E-state index contributed by atoms with van der Waals surface area (Å²) in [5.41, 5.74) is 1.00. The minimum atomic E-state index is -0.319. The fourth-order valence-corrected chi connectivity index (χ4v) is 1.92. The number of nitrogens with zero attached hydrogens (tertiary/aromatic N) is 1. The van der Waals surface area contributed by atoms with Gasteiger partial charge in [-0.25, -0.2) is 0 Å². The van der Waals surface area contributed by atoms with Crippen LogP contribution in [0.5, 0.6) is 0 Å². The van der Waals surface area contributed by atoms with Gasteiger partial charge in [-0.2, -0.15) is 0 Å². The Labute approximate surface area is 114 Å². The van der Waals surface area contributed by atoms with Crippen LogP contribution in [-0.4, -0.2) is 31.7 Å². The quantitative estimate of drug-likeness (QED) is 0.401. The van der Waals surface area contributed by atoms with Gasteiger partial charge in [-0.3, -0.25) is 10.1 Å². The van der Waals surface area contributed by atoms with Crippen molar-refractivity contribution in [3.63, 3.8) is 0 Å². The third-order valence-corrected chi connectivity index (χ3v) is 2.96. The second-order valence-electron chi connectivity index (χ2n) is 4.44. The van der Waals surface area contributed by atoms with E-state index in [2.05, 4.69) is 5.32 Å². The van der Waals surface area contributed by atoms with Crippen LogP contribution in [-0.2, 0) is 11.2 Å². The lowest BCUT2D eigenvalue weighted by Gasteiger charge is -2.05. The summed E-state index contributed by atoms with van der Waals surface area (Å²) >= 11 is 0. The fourth-order valence-electron chi connectivity index (χ4n) is 1.92. The lowest BCUT2D eigenvalue weighted by atomic mass is 10.1. The summed E-state index contributed by atoms with van der Waals surface area (Å²) < 4.78 is 4.98. The van der Waals surface area contributed by atoms with Crippen LogP contribution >= 0.6 is 0 Å². The fraction of sp³-hybridized carbons (Fsp3) is 0.571. The second kappa shape index (κ2) is 9.47. The number of methoxy groups -OCH3 is 1. The maximum absolute atomic E-state index is 10.8. The van der Waals surface area contributed by atoms with Gasteiger partial charge >= 0.3 is 0 Å². The Balaban J connectivity index is 2.17. The molecule has 106 valence electrons. The highest BCUT2D eigenvalue weighted by Crippen LogP contribution is 2.17. The highest BCUT2D eigenvalue weighted by Gasteiger charge is 2.10. The molecule has 0 fully saturated rings. The maximum Gasteiger partial charge on any atom is 0.272 e. The van der Waals surface area contributed by atoms with E-state index in [4.69, 9.17) is 4.74 Å². The minimum absolute atomic E-state index is 0.212. The normalized spacial score (nSPS) is 10.6. The molecular formula is C14H22N2O3. The van der Waals surface area contributed by atoms with Crippen molar-refractivity contribution in [2.75, 3.05) is 26.8 Å². The molecule has 0 saturated carbocycles. The SMILES string of the molecule is COCCCCCNCCc1ccccc1[N+](=O)[O-]. The van der Waals surface area contributed by atoms with E-state index in [1.807, 2.05) is 12.1 Å². The van der Waals surface area contributed by atoms with E-state index >= 15 is 0 Å². The number of nitro benzene ring substituents is 1. The van der Waals surface area contributed by atoms with Crippen LogP contribution < -0.4 is 5.32 Å². The Kier molecular flexibility index (Phi) is 7.77. The molecule has 0 aliphatic rings. The third-order valence-electron chi connectivity index (χ3n) is 2.96. The summed E-state index contributed by atoms with van der Waals surface area (Å²) in [7, 11) is 1.71. The van der Waals surface area contributed by atoms with Crippen molar-refractivity contribution < 1.29 is 9.66 Å². The van der Waals surface area contributed by atoms with Crippen LogP contribution in [0.3, 0.4) is 0 Å². The number of unbranched alkanes of at least 4 members (excludes halogenated alkanes) is 2. The predicted octanol–water partition coefficient (Wildman–Crippen LogP) is 2.54. The summed E-state index contributed by atoms with van der Waals surface area (Å²) in [6.45, 7) is 2.54. The Morgan fingerprint density at radius 3 is 2.74 bits per heavy atom. The Morgan fingerprint density at radius 1 is 1.21 bits per heavy atom. The first-order valence-electron chi connectivity index (χ1n) is 6.67. The van der Waals surface area contributed by atoms with Gasteiger partial charge in [-0.15, -0.1) is 0 Å². The maximum atomic E-state index is 10.8. The molecule has 1 aromatic rings. The third kappa shape index (κ3) is 6.31.